The Morgan fingerprint density at radius 3 is 2.52 bits per heavy atom. The summed E-state index contributed by atoms with van der Waals surface area (Å²) in [6, 6.07) is 11.2. The zero-order valence-electron chi connectivity index (χ0n) is 19.1. The lowest BCUT2D eigenvalue weighted by Gasteiger charge is -2.45. The van der Waals surface area contributed by atoms with Crippen LogP contribution in [0.15, 0.2) is 46.0 Å². The van der Waals surface area contributed by atoms with Crippen LogP contribution in [-0.2, 0) is 20.4 Å². The highest BCUT2D eigenvalue weighted by Gasteiger charge is 2.36. The molecule has 0 saturated carbocycles. The number of sulfonamides is 1. The van der Waals surface area contributed by atoms with Gasteiger partial charge in [-0.1, -0.05) is 18.2 Å². The number of aliphatic hydroxyl groups is 2. The molecule has 0 aliphatic carbocycles. The molecule has 2 aliphatic rings. The van der Waals surface area contributed by atoms with Crippen molar-refractivity contribution in [3.63, 3.8) is 0 Å². The third-order valence-electron chi connectivity index (χ3n) is 6.34. The molecule has 2 atom stereocenters. The summed E-state index contributed by atoms with van der Waals surface area (Å²) in [7, 11) is -3.53. The average molecular weight is 496 g/mol. The smallest absolute Gasteiger partial charge is 0.252 e. The molecule has 0 amide bonds. The van der Waals surface area contributed by atoms with Crippen molar-refractivity contribution in [2.75, 3.05) is 57.4 Å². The van der Waals surface area contributed by atoms with Gasteiger partial charge in [0.1, 0.15) is 4.21 Å². The molecule has 0 spiro atoms. The number of morpholine rings is 1. The van der Waals surface area contributed by atoms with Gasteiger partial charge < -0.3 is 19.8 Å². The first-order valence-corrected chi connectivity index (χ1v) is 13.6. The van der Waals surface area contributed by atoms with Gasteiger partial charge in [-0.15, -0.1) is 11.3 Å². The standard InChI is InChI=1S/C23H33N3O5S2/c1-23(2,28)18-5-7-19(8-6-18)26-10-9-25(33(29,30)22-4-3-13-32-22)15-20(26)14-24-11-12-31-21(16-24)17-27/h3-8,13,20-21,27-28H,9-12,14-17H2,1-2H3/t20-,21+/m1/s1. The van der Waals surface area contributed by atoms with Gasteiger partial charge in [0.25, 0.3) is 10.0 Å². The Balaban J connectivity index is 1.57. The van der Waals surface area contributed by atoms with Crippen LogP contribution in [0.1, 0.15) is 19.4 Å². The van der Waals surface area contributed by atoms with E-state index in [1.807, 2.05) is 24.3 Å². The fraction of sp³-hybridized carbons (Fsp3) is 0.565. The minimum absolute atomic E-state index is 0.0256. The maximum Gasteiger partial charge on any atom is 0.252 e. The van der Waals surface area contributed by atoms with E-state index >= 15 is 0 Å². The van der Waals surface area contributed by atoms with Crippen LogP contribution in [-0.4, -0.2) is 92.5 Å². The highest BCUT2D eigenvalue weighted by molar-refractivity contribution is 7.91. The molecular formula is C23H33N3O5S2. The largest absolute Gasteiger partial charge is 0.394 e. The van der Waals surface area contributed by atoms with E-state index in [9.17, 15) is 18.6 Å². The van der Waals surface area contributed by atoms with Crippen LogP contribution in [0.5, 0.6) is 0 Å². The Bertz CT molecular complexity index is 1010. The molecule has 33 heavy (non-hydrogen) atoms. The molecule has 1 aromatic heterocycles. The second-order valence-electron chi connectivity index (χ2n) is 9.18. The highest BCUT2D eigenvalue weighted by Crippen LogP contribution is 2.29. The van der Waals surface area contributed by atoms with E-state index in [4.69, 9.17) is 4.74 Å². The number of ether oxygens (including phenoxy) is 1. The van der Waals surface area contributed by atoms with Gasteiger partial charge in [0.2, 0.25) is 0 Å². The maximum absolute atomic E-state index is 13.2. The number of aliphatic hydroxyl groups excluding tert-OH is 1. The van der Waals surface area contributed by atoms with Crippen LogP contribution in [0.25, 0.3) is 0 Å². The molecule has 0 bridgehead atoms. The summed E-state index contributed by atoms with van der Waals surface area (Å²) < 4.78 is 34.0. The van der Waals surface area contributed by atoms with Gasteiger partial charge in [0.15, 0.2) is 0 Å². The molecule has 8 nitrogen and oxygen atoms in total. The predicted molar refractivity (Wildman–Crippen MR) is 129 cm³/mol. The van der Waals surface area contributed by atoms with Gasteiger partial charge in [-0.3, -0.25) is 4.90 Å². The number of hydrogen-bond donors (Lipinski definition) is 2. The molecule has 2 aromatic rings. The summed E-state index contributed by atoms with van der Waals surface area (Å²) in [6.07, 6.45) is -0.215. The summed E-state index contributed by atoms with van der Waals surface area (Å²) >= 11 is 1.24. The maximum atomic E-state index is 13.2. The van der Waals surface area contributed by atoms with Gasteiger partial charge in [0.05, 0.1) is 31.0 Å². The van der Waals surface area contributed by atoms with E-state index in [0.29, 0.717) is 43.5 Å². The predicted octanol–water partition coefficient (Wildman–Crippen LogP) is 1.55. The van der Waals surface area contributed by atoms with Crippen molar-refractivity contribution < 1.29 is 23.4 Å². The van der Waals surface area contributed by atoms with Crippen LogP contribution in [0, 0.1) is 0 Å². The highest BCUT2D eigenvalue weighted by atomic mass is 32.2. The van der Waals surface area contributed by atoms with Crippen molar-refractivity contribution >= 4 is 27.0 Å². The Morgan fingerprint density at radius 1 is 1.12 bits per heavy atom. The SMILES string of the molecule is CC(C)(O)c1ccc(N2CCN(S(=O)(=O)c3cccs3)C[C@H]2CN2CCO[C@H](CO)C2)cc1. The number of thiophene rings is 1. The van der Waals surface area contributed by atoms with Crippen LogP contribution < -0.4 is 4.90 Å². The van der Waals surface area contributed by atoms with Crippen molar-refractivity contribution in [1.82, 2.24) is 9.21 Å². The number of anilines is 1. The summed E-state index contributed by atoms with van der Waals surface area (Å²) in [5.74, 6) is 0. The molecule has 10 heteroatoms. The van der Waals surface area contributed by atoms with E-state index in [1.165, 1.54) is 11.3 Å². The molecule has 2 N–H and O–H groups in total. The average Bonchev–Trinajstić information content (AvgIpc) is 3.35. The van der Waals surface area contributed by atoms with Crippen molar-refractivity contribution in [1.29, 1.82) is 0 Å². The quantitative estimate of drug-likeness (QED) is 0.602. The minimum Gasteiger partial charge on any atom is -0.394 e. The zero-order valence-corrected chi connectivity index (χ0v) is 20.8. The van der Waals surface area contributed by atoms with Crippen LogP contribution >= 0.6 is 11.3 Å². The van der Waals surface area contributed by atoms with E-state index in [0.717, 1.165) is 17.8 Å². The van der Waals surface area contributed by atoms with Crippen molar-refractivity contribution in [3.8, 4) is 0 Å². The molecule has 182 valence electrons. The van der Waals surface area contributed by atoms with Gasteiger partial charge in [-0.2, -0.15) is 4.31 Å². The first-order valence-electron chi connectivity index (χ1n) is 11.3. The zero-order chi connectivity index (χ0) is 23.6. The van der Waals surface area contributed by atoms with Crippen molar-refractivity contribution in [3.05, 3.63) is 47.3 Å². The molecule has 2 aliphatic heterocycles. The van der Waals surface area contributed by atoms with Gasteiger partial charge in [-0.05, 0) is 43.0 Å². The van der Waals surface area contributed by atoms with Gasteiger partial charge in [-0.25, -0.2) is 8.42 Å². The Labute approximate surface area is 200 Å². The van der Waals surface area contributed by atoms with E-state index in [2.05, 4.69) is 9.80 Å². The number of nitrogens with zero attached hydrogens (tertiary/aromatic N) is 3. The number of benzene rings is 1. The molecular weight excluding hydrogens is 462 g/mol. The molecule has 0 radical (unpaired) electrons. The van der Waals surface area contributed by atoms with Crippen LogP contribution in [0.4, 0.5) is 5.69 Å². The summed E-state index contributed by atoms with van der Waals surface area (Å²) in [6.45, 7) is 7.45. The summed E-state index contributed by atoms with van der Waals surface area (Å²) in [4.78, 5) is 4.51. The third-order valence-corrected chi connectivity index (χ3v) is 9.57. The lowest BCUT2D eigenvalue weighted by atomic mass is 9.98. The van der Waals surface area contributed by atoms with Crippen molar-refractivity contribution in [2.24, 2.45) is 0 Å². The Kier molecular flexibility index (Phi) is 7.44. The Morgan fingerprint density at radius 2 is 1.88 bits per heavy atom. The Hall–Kier alpha value is -1.53. The van der Waals surface area contributed by atoms with E-state index in [1.54, 1.807) is 35.7 Å². The van der Waals surface area contributed by atoms with Gasteiger partial charge in [0, 0.05) is 45.0 Å². The van der Waals surface area contributed by atoms with E-state index < -0.39 is 15.6 Å². The normalized spacial score (nSPS) is 23.7. The minimum atomic E-state index is -3.53. The number of hydrogen-bond acceptors (Lipinski definition) is 8. The summed E-state index contributed by atoms with van der Waals surface area (Å²) in [5, 5.41) is 21.6. The molecule has 0 unspecified atom stereocenters. The van der Waals surface area contributed by atoms with Crippen LogP contribution in [0.3, 0.4) is 0 Å². The van der Waals surface area contributed by atoms with Crippen LogP contribution in [0.2, 0.25) is 0 Å². The van der Waals surface area contributed by atoms with Crippen molar-refractivity contribution in [2.45, 2.75) is 35.8 Å². The lowest BCUT2D eigenvalue weighted by Crippen LogP contribution is -2.59. The second kappa shape index (κ2) is 9.99. The second-order valence-corrected chi connectivity index (χ2v) is 12.3. The molecule has 2 fully saturated rings. The van der Waals surface area contributed by atoms with Gasteiger partial charge >= 0.3 is 0 Å². The lowest BCUT2D eigenvalue weighted by molar-refractivity contribution is -0.0545. The third kappa shape index (κ3) is 5.59. The number of rotatable bonds is 7. The number of piperazine rings is 1. The molecule has 1 aromatic carbocycles. The molecule has 3 heterocycles. The molecule has 2 saturated heterocycles. The van der Waals surface area contributed by atoms with E-state index in [-0.39, 0.29) is 18.8 Å². The first-order chi connectivity index (χ1) is 15.7. The topological polar surface area (TPSA) is 93.6 Å². The summed E-state index contributed by atoms with van der Waals surface area (Å²) in [5.41, 5.74) is 0.923. The molecule has 4 rings (SSSR count). The fourth-order valence-corrected chi connectivity index (χ4v) is 7.11. The fourth-order valence-electron chi connectivity index (χ4n) is 4.49. The first kappa shape index (κ1) is 24.6. The monoisotopic (exact) mass is 495 g/mol.